The van der Waals surface area contributed by atoms with Crippen molar-refractivity contribution in [3.63, 3.8) is 0 Å². The van der Waals surface area contributed by atoms with Crippen molar-refractivity contribution in [1.82, 2.24) is 14.8 Å². The molecule has 0 radical (unpaired) electrons. The lowest BCUT2D eigenvalue weighted by atomic mass is 10.1. The molecule has 0 atom stereocenters. The number of hydrogen-bond acceptors (Lipinski definition) is 7. The number of ether oxygens (including phenoxy) is 2. The summed E-state index contributed by atoms with van der Waals surface area (Å²) in [5.41, 5.74) is 0.475. The van der Waals surface area contributed by atoms with Crippen molar-refractivity contribution >= 4 is 17.5 Å². The van der Waals surface area contributed by atoms with Crippen LogP contribution >= 0.6 is 11.8 Å². The maximum atomic E-state index is 12.6. The summed E-state index contributed by atoms with van der Waals surface area (Å²) in [4.78, 5) is 12.6. The first-order chi connectivity index (χ1) is 12.1. The van der Waals surface area contributed by atoms with Crippen LogP contribution in [0, 0.1) is 0 Å². The summed E-state index contributed by atoms with van der Waals surface area (Å²) < 4.78 is 17.6. The number of nitrogens with zero attached hydrogens (tertiary/aromatic N) is 3. The zero-order valence-corrected chi connectivity index (χ0v) is 14.9. The highest BCUT2D eigenvalue weighted by atomic mass is 32.2. The Morgan fingerprint density at radius 1 is 1.24 bits per heavy atom. The molecule has 3 rings (SSSR count). The van der Waals surface area contributed by atoms with Gasteiger partial charge in [-0.1, -0.05) is 11.8 Å². The summed E-state index contributed by atoms with van der Waals surface area (Å²) in [6, 6.07) is 8.74. The molecule has 0 bridgehead atoms. The van der Waals surface area contributed by atoms with Gasteiger partial charge in [-0.3, -0.25) is 4.79 Å². The molecule has 0 fully saturated rings. The quantitative estimate of drug-likeness (QED) is 0.474. The molecule has 25 heavy (non-hydrogen) atoms. The fourth-order valence-electron chi connectivity index (χ4n) is 2.30. The Hall–Kier alpha value is -2.74. The van der Waals surface area contributed by atoms with Gasteiger partial charge in [0.25, 0.3) is 0 Å². The first kappa shape index (κ1) is 17.1. The van der Waals surface area contributed by atoms with Crippen LogP contribution in [-0.4, -0.2) is 40.5 Å². The molecular formula is C17H17N3O4S. The minimum absolute atomic E-state index is 0.0803. The van der Waals surface area contributed by atoms with Gasteiger partial charge in [-0.2, -0.15) is 0 Å². The fourth-order valence-corrected chi connectivity index (χ4v) is 3.10. The summed E-state index contributed by atoms with van der Waals surface area (Å²) in [6.07, 6.45) is 1.58. The third kappa shape index (κ3) is 3.53. The first-order valence-electron chi connectivity index (χ1n) is 7.45. The Bertz CT molecular complexity index is 874. The van der Waals surface area contributed by atoms with Gasteiger partial charge in [0.2, 0.25) is 0 Å². The zero-order chi connectivity index (χ0) is 17.8. The van der Waals surface area contributed by atoms with Crippen molar-refractivity contribution in [2.45, 2.75) is 5.16 Å². The highest BCUT2D eigenvalue weighted by Crippen LogP contribution is 2.27. The molecule has 0 saturated heterocycles. The topological polar surface area (TPSA) is 79.4 Å². The van der Waals surface area contributed by atoms with E-state index in [0.717, 1.165) is 0 Å². The van der Waals surface area contributed by atoms with Crippen molar-refractivity contribution < 1.29 is 18.7 Å². The number of Topliss-reactive ketones (excluding diaryl/α,β-unsaturated/α-hetero) is 1. The van der Waals surface area contributed by atoms with Crippen LogP contribution in [0.25, 0.3) is 11.6 Å². The average molecular weight is 359 g/mol. The van der Waals surface area contributed by atoms with Crippen LogP contribution in [0.5, 0.6) is 11.5 Å². The molecule has 0 N–H and O–H groups in total. The predicted molar refractivity (Wildman–Crippen MR) is 93.3 cm³/mol. The third-order valence-electron chi connectivity index (χ3n) is 3.62. The fraction of sp³-hybridized carbons (Fsp3) is 0.235. The van der Waals surface area contributed by atoms with E-state index in [1.807, 2.05) is 13.1 Å². The van der Waals surface area contributed by atoms with E-state index in [0.29, 0.717) is 33.8 Å². The number of benzene rings is 1. The second-order valence-corrected chi connectivity index (χ2v) is 6.06. The largest absolute Gasteiger partial charge is 0.497 e. The number of carbonyl (C=O) groups is 1. The second kappa shape index (κ2) is 7.43. The number of furan rings is 1. The van der Waals surface area contributed by atoms with E-state index in [4.69, 9.17) is 13.9 Å². The lowest BCUT2D eigenvalue weighted by molar-refractivity contribution is 0.101. The maximum absolute atomic E-state index is 12.6. The monoisotopic (exact) mass is 359 g/mol. The van der Waals surface area contributed by atoms with Crippen molar-refractivity contribution in [2.24, 2.45) is 7.05 Å². The molecule has 2 aromatic heterocycles. The highest BCUT2D eigenvalue weighted by Gasteiger charge is 2.17. The predicted octanol–water partition coefficient (Wildman–Crippen LogP) is 3.07. The smallest absolute Gasteiger partial charge is 0.200 e. The van der Waals surface area contributed by atoms with Gasteiger partial charge < -0.3 is 18.5 Å². The zero-order valence-electron chi connectivity index (χ0n) is 14.1. The molecular weight excluding hydrogens is 342 g/mol. The van der Waals surface area contributed by atoms with E-state index >= 15 is 0 Å². The lowest BCUT2D eigenvalue weighted by Crippen LogP contribution is -2.06. The number of rotatable bonds is 7. The van der Waals surface area contributed by atoms with Gasteiger partial charge in [0, 0.05) is 7.05 Å². The molecule has 8 heteroatoms. The molecule has 0 saturated carbocycles. The molecule has 1 aromatic carbocycles. The van der Waals surface area contributed by atoms with Gasteiger partial charge in [0.15, 0.2) is 22.5 Å². The van der Waals surface area contributed by atoms with E-state index in [9.17, 15) is 4.79 Å². The Morgan fingerprint density at radius 3 is 2.76 bits per heavy atom. The van der Waals surface area contributed by atoms with Gasteiger partial charge in [-0.15, -0.1) is 10.2 Å². The molecule has 0 unspecified atom stereocenters. The van der Waals surface area contributed by atoms with Crippen LogP contribution in [0.2, 0.25) is 0 Å². The Labute approximate surface area is 149 Å². The minimum Gasteiger partial charge on any atom is -0.497 e. The maximum Gasteiger partial charge on any atom is 0.200 e. The molecule has 0 aliphatic heterocycles. The molecule has 130 valence electrons. The van der Waals surface area contributed by atoms with Crippen LogP contribution in [0.1, 0.15) is 10.4 Å². The van der Waals surface area contributed by atoms with Gasteiger partial charge in [-0.25, -0.2) is 0 Å². The van der Waals surface area contributed by atoms with Crippen molar-refractivity contribution in [3.05, 3.63) is 42.2 Å². The van der Waals surface area contributed by atoms with Crippen LogP contribution < -0.4 is 9.47 Å². The van der Waals surface area contributed by atoms with Crippen LogP contribution in [0.15, 0.2) is 46.2 Å². The summed E-state index contributed by atoms with van der Waals surface area (Å²) in [7, 11) is 4.92. The van der Waals surface area contributed by atoms with E-state index in [2.05, 4.69) is 10.2 Å². The Balaban J connectivity index is 1.75. The molecule has 0 spiro atoms. The Morgan fingerprint density at radius 2 is 2.08 bits per heavy atom. The number of hydrogen-bond donors (Lipinski definition) is 0. The van der Waals surface area contributed by atoms with Crippen LogP contribution in [-0.2, 0) is 7.05 Å². The third-order valence-corrected chi connectivity index (χ3v) is 4.64. The standard InChI is InChI=1S/C17H17N3O4S/c1-20-16(15-5-4-8-24-15)18-19-17(20)25-10-13(21)12-9-11(22-2)6-7-14(12)23-3/h4-9H,10H2,1-3H3. The van der Waals surface area contributed by atoms with Crippen molar-refractivity contribution in [2.75, 3.05) is 20.0 Å². The van der Waals surface area contributed by atoms with Crippen molar-refractivity contribution in [3.8, 4) is 23.1 Å². The molecule has 2 heterocycles. The van der Waals surface area contributed by atoms with E-state index in [-0.39, 0.29) is 11.5 Å². The first-order valence-corrected chi connectivity index (χ1v) is 8.44. The van der Waals surface area contributed by atoms with E-state index < -0.39 is 0 Å². The van der Waals surface area contributed by atoms with Gasteiger partial charge >= 0.3 is 0 Å². The summed E-state index contributed by atoms with van der Waals surface area (Å²) >= 11 is 1.30. The average Bonchev–Trinajstić information content (AvgIpc) is 3.28. The van der Waals surface area contributed by atoms with Gasteiger partial charge in [-0.05, 0) is 30.3 Å². The SMILES string of the molecule is COc1ccc(OC)c(C(=O)CSc2nnc(-c3ccco3)n2C)c1. The van der Waals surface area contributed by atoms with Crippen molar-refractivity contribution in [1.29, 1.82) is 0 Å². The van der Waals surface area contributed by atoms with Gasteiger partial charge in [0.05, 0.1) is 31.8 Å². The Kier molecular flexibility index (Phi) is 5.08. The van der Waals surface area contributed by atoms with Crippen LogP contribution in [0.4, 0.5) is 0 Å². The normalized spacial score (nSPS) is 10.7. The summed E-state index contributed by atoms with van der Waals surface area (Å²) in [5.74, 6) is 2.48. The molecule has 7 nitrogen and oxygen atoms in total. The molecule has 0 aliphatic carbocycles. The number of methoxy groups -OCH3 is 2. The number of carbonyl (C=O) groups excluding carboxylic acids is 1. The number of aromatic nitrogens is 3. The number of ketones is 1. The summed E-state index contributed by atoms with van der Waals surface area (Å²) in [6.45, 7) is 0. The van der Waals surface area contributed by atoms with Gasteiger partial charge in [0.1, 0.15) is 11.5 Å². The molecule has 0 aliphatic rings. The van der Waals surface area contributed by atoms with Crippen LogP contribution in [0.3, 0.4) is 0 Å². The molecule has 0 amide bonds. The minimum atomic E-state index is -0.0803. The summed E-state index contributed by atoms with van der Waals surface area (Å²) in [5, 5.41) is 8.86. The number of thioether (sulfide) groups is 1. The van der Waals surface area contributed by atoms with E-state index in [1.54, 1.807) is 42.2 Å². The second-order valence-electron chi connectivity index (χ2n) is 5.12. The molecule has 3 aromatic rings. The lowest BCUT2D eigenvalue weighted by Gasteiger charge is -2.09. The van der Waals surface area contributed by atoms with E-state index in [1.165, 1.54) is 18.9 Å². The highest BCUT2D eigenvalue weighted by molar-refractivity contribution is 7.99.